The Morgan fingerprint density at radius 2 is 2.00 bits per heavy atom. The van der Waals surface area contributed by atoms with Crippen LogP contribution in [0, 0.1) is 5.92 Å². The maximum absolute atomic E-state index is 11.1. The topological polar surface area (TPSA) is 55.4 Å². The number of hydroxylamine groups is 1. The van der Waals surface area contributed by atoms with E-state index < -0.39 is 9.84 Å². The lowest BCUT2D eigenvalue weighted by Gasteiger charge is -2.07. The summed E-state index contributed by atoms with van der Waals surface area (Å²) < 4.78 is 22.1. The van der Waals surface area contributed by atoms with Crippen molar-refractivity contribution < 1.29 is 13.3 Å². The molecule has 0 aliphatic carbocycles. The molecule has 5 heteroatoms. The van der Waals surface area contributed by atoms with Gasteiger partial charge in [0.05, 0.1) is 12.4 Å². The summed E-state index contributed by atoms with van der Waals surface area (Å²) in [6.07, 6.45) is 0.605. The molecule has 86 valence electrons. The third kappa shape index (κ3) is 8.47. The molecule has 4 nitrogen and oxygen atoms in total. The molecule has 1 N–H and O–H groups in total. The minimum absolute atomic E-state index is 0.222. The molecule has 0 fully saturated rings. The van der Waals surface area contributed by atoms with Crippen LogP contribution in [0.3, 0.4) is 0 Å². The van der Waals surface area contributed by atoms with Gasteiger partial charge in [-0.2, -0.15) is 0 Å². The first kappa shape index (κ1) is 13.9. The molecule has 0 aliphatic heterocycles. The van der Waals surface area contributed by atoms with E-state index in [1.807, 2.05) is 0 Å². The number of rotatable bonds is 8. The van der Waals surface area contributed by atoms with E-state index in [0.717, 1.165) is 0 Å². The van der Waals surface area contributed by atoms with E-state index in [2.05, 4.69) is 19.3 Å². The van der Waals surface area contributed by atoms with Gasteiger partial charge in [-0.05, 0) is 12.3 Å². The Bertz CT molecular complexity index is 224. The third-order valence-electron chi connectivity index (χ3n) is 1.69. The number of hydrogen-bond donors (Lipinski definition) is 1. The number of hydrogen-bond acceptors (Lipinski definition) is 4. The average molecular weight is 223 g/mol. The van der Waals surface area contributed by atoms with Crippen LogP contribution in [-0.4, -0.2) is 33.1 Å². The Balaban J connectivity index is 3.31. The number of nitrogens with one attached hydrogen (secondary N) is 1. The van der Waals surface area contributed by atoms with E-state index in [0.29, 0.717) is 25.5 Å². The summed E-state index contributed by atoms with van der Waals surface area (Å²) in [5.41, 5.74) is 2.75. The van der Waals surface area contributed by atoms with Crippen LogP contribution in [-0.2, 0) is 14.7 Å². The van der Waals surface area contributed by atoms with Gasteiger partial charge >= 0.3 is 0 Å². The normalized spacial score (nSPS) is 12.3. The van der Waals surface area contributed by atoms with Crippen LogP contribution >= 0.6 is 0 Å². The second-order valence-corrected chi connectivity index (χ2v) is 6.16. The molecule has 0 spiro atoms. The van der Waals surface area contributed by atoms with Gasteiger partial charge in [-0.1, -0.05) is 20.8 Å². The smallest absolute Gasteiger partial charge is 0.150 e. The van der Waals surface area contributed by atoms with Gasteiger partial charge in [-0.15, -0.1) is 0 Å². The van der Waals surface area contributed by atoms with Crippen LogP contribution in [0.4, 0.5) is 0 Å². The van der Waals surface area contributed by atoms with Crippen LogP contribution in [0.5, 0.6) is 0 Å². The lowest BCUT2D eigenvalue weighted by molar-refractivity contribution is 0.0242. The highest BCUT2D eigenvalue weighted by Crippen LogP contribution is 1.93. The van der Waals surface area contributed by atoms with Gasteiger partial charge < -0.3 is 4.84 Å². The molecular weight excluding hydrogens is 202 g/mol. The molecule has 14 heavy (non-hydrogen) atoms. The highest BCUT2D eigenvalue weighted by molar-refractivity contribution is 7.91. The summed E-state index contributed by atoms with van der Waals surface area (Å²) in [4.78, 5) is 5.10. The fourth-order valence-electron chi connectivity index (χ4n) is 0.806. The molecule has 0 aromatic carbocycles. The highest BCUT2D eigenvalue weighted by Gasteiger charge is 2.05. The summed E-state index contributed by atoms with van der Waals surface area (Å²) in [6.45, 7) is 7.02. The van der Waals surface area contributed by atoms with Gasteiger partial charge in [0.15, 0.2) is 0 Å². The Kier molecular flexibility index (Phi) is 7.13. The lowest BCUT2D eigenvalue weighted by atomic mass is 10.2. The van der Waals surface area contributed by atoms with E-state index >= 15 is 0 Å². The lowest BCUT2D eigenvalue weighted by Crippen LogP contribution is -2.21. The quantitative estimate of drug-likeness (QED) is 0.492. The fraction of sp³-hybridized carbons (Fsp3) is 1.00. The van der Waals surface area contributed by atoms with Gasteiger partial charge in [-0.3, -0.25) is 0 Å². The van der Waals surface area contributed by atoms with Crippen molar-refractivity contribution in [2.75, 3.05) is 24.7 Å². The van der Waals surface area contributed by atoms with E-state index in [1.54, 1.807) is 6.92 Å². The molecule has 0 heterocycles. The first-order chi connectivity index (χ1) is 6.48. The van der Waals surface area contributed by atoms with E-state index in [1.165, 1.54) is 0 Å². The summed E-state index contributed by atoms with van der Waals surface area (Å²) in [5, 5.41) is 0. The van der Waals surface area contributed by atoms with Crippen LogP contribution in [0.15, 0.2) is 0 Å². The van der Waals surface area contributed by atoms with Crippen molar-refractivity contribution in [3.05, 3.63) is 0 Å². The van der Waals surface area contributed by atoms with Crippen LogP contribution < -0.4 is 5.48 Å². The summed E-state index contributed by atoms with van der Waals surface area (Å²) in [6, 6.07) is 0. The van der Waals surface area contributed by atoms with Crippen LogP contribution in [0.25, 0.3) is 0 Å². The maximum Gasteiger partial charge on any atom is 0.150 e. The van der Waals surface area contributed by atoms with Gasteiger partial charge in [0.25, 0.3) is 0 Å². The monoisotopic (exact) mass is 223 g/mol. The highest BCUT2D eigenvalue weighted by atomic mass is 32.2. The molecule has 0 aliphatic rings. The van der Waals surface area contributed by atoms with Gasteiger partial charge in [-0.25, -0.2) is 13.9 Å². The van der Waals surface area contributed by atoms with Gasteiger partial charge in [0.2, 0.25) is 0 Å². The maximum atomic E-state index is 11.1. The Morgan fingerprint density at radius 3 is 2.50 bits per heavy atom. The van der Waals surface area contributed by atoms with Crippen molar-refractivity contribution in [3.8, 4) is 0 Å². The van der Waals surface area contributed by atoms with Crippen molar-refractivity contribution in [3.63, 3.8) is 0 Å². The molecule has 0 unspecified atom stereocenters. The average Bonchev–Trinajstić information content (AvgIpc) is 2.10. The molecule has 0 saturated heterocycles. The minimum atomic E-state index is -2.82. The molecule has 0 aromatic rings. The van der Waals surface area contributed by atoms with Crippen LogP contribution in [0.1, 0.15) is 27.2 Å². The minimum Gasteiger partial charge on any atom is -0.302 e. The zero-order valence-electron chi connectivity index (χ0n) is 9.25. The van der Waals surface area contributed by atoms with Crippen molar-refractivity contribution in [1.29, 1.82) is 0 Å². The SMILES string of the molecule is CCS(=O)(=O)CCCNOCC(C)C. The van der Waals surface area contributed by atoms with E-state index in [4.69, 9.17) is 4.84 Å². The molecule has 0 aromatic heterocycles. The Morgan fingerprint density at radius 1 is 1.36 bits per heavy atom. The predicted molar refractivity (Wildman–Crippen MR) is 57.7 cm³/mol. The third-order valence-corrected chi connectivity index (χ3v) is 3.48. The molecule has 0 bridgehead atoms. The first-order valence-electron chi connectivity index (χ1n) is 5.03. The molecular formula is C9H21NO3S. The standard InChI is InChI=1S/C9H21NO3S/c1-4-14(11,12)7-5-6-10-13-8-9(2)3/h9-10H,4-8H2,1-3H3. The summed E-state index contributed by atoms with van der Waals surface area (Å²) >= 11 is 0. The first-order valence-corrected chi connectivity index (χ1v) is 6.85. The summed E-state index contributed by atoms with van der Waals surface area (Å²) in [7, 11) is -2.82. The fourth-order valence-corrected chi connectivity index (χ4v) is 1.68. The predicted octanol–water partition coefficient (Wildman–Crippen LogP) is 0.988. The second kappa shape index (κ2) is 7.20. The molecule has 0 rings (SSSR count). The molecule has 0 saturated carbocycles. The molecule has 0 atom stereocenters. The van der Waals surface area contributed by atoms with Crippen molar-refractivity contribution >= 4 is 9.84 Å². The Labute approximate surface area is 86.9 Å². The largest absolute Gasteiger partial charge is 0.302 e. The van der Waals surface area contributed by atoms with E-state index in [9.17, 15) is 8.42 Å². The Hall–Kier alpha value is -0.130. The van der Waals surface area contributed by atoms with Crippen molar-refractivity contribution in [2.45, 2.75) is 27.2 Å². The summed E-state index contributed by atoms with van der Waals surface area (Å²) in [5.74, 6) is 0.948. The molecule has 0 amide bonds. The van der Waals surface area contributed by atoms with Gasteiger partial charge in [0.1, 0.15) is 9.84 Å². The zero-order valence-corrected chi connectivity index (χ0v) is 10.1. The molecule has 0 radical (unpaired) electrons. The van der Waals surface area contributed by atoms with Crippen molar-refractivity contribution in [1.82, 2.24) is 5.48 Å². The van der Waals surface area contributed by atoms with Crippen LogP contribution in [0.2, 0.25) is 0 Å². The zero-order chi connectivity index (χ0) is 11.0. The van der Waals surface area contributed by atoms with Gasteiger partial charge in [0, 0.05) is 12.3 Å². The second-order valence-electron chi connectivity index (χ2n) is 3.69. The van der Waals surface area contributed by atoms with Crippen molar-refractivity contribution in [2.24, 2.45) is 5.92 Å². The number of sulfone groups is 1. The van der Waals surface area contributed by atoms with E-state index in [-0.39, 0.29) is 11.5 Å².